The normalized spacial score (nSPS) is 13.0. The third kappa shape index (κ3) is 4.20. The van der Waals surface area contributed by atoms with E-state index < -0.39 is 0 Å². The summed E-state index contributed by atoms with van der Waals surface area (Å²) in [6, 6.07) is 0.414. The van der Waals surface area contributed by atoms with Gasteiger partial charge in [0.15, 0.2) is 0 Å². The number of hydrogen-bond acceptors (Lipinski definition) is 3. The van der Waals surface area contributed by atoms with E-state index in [-0.39, 0.29) is 0 Å². The van der Waals surface area contributed by atoms with Gasteiger partial charge >= 0.3 is 0 Å². The van der Waals surface area contributed by atoms with Crippen LogP contribution in [0.1, 0.15) is 50.6 Å². The van der Waals surface area contributed by atoms with E-state index in [1.54, 1.807) is 11.3 Å². The largest absolute Gasteiger partial charge is 0.308 e. The van der Waals surface area contributed by atoms with Gasteiger partial charge in [-0.3, -0.25) is 0 Å². The fraction of sp³-hybridized carbons (Fsp3) is 0.727. The molecule has 0 aliphatic heterocycles. The SMILES string of the molecule is CCCCCCN[C@@H](C)c1nccs1. The van der Waals surface area contributed by atoms with Crippen molar-refractivity contribution in [1.82, 2.24) is 10.3 Å². The molecule has 0 radical (unpaired) electrons. The quantitative estimate of drug-likeness (QED) is 0.701. The first kappa shape index (κ1) is 11.7. The fourth-order valence-electron chi connectivity index (χ4n) is 1.41. The van der Waals surface area contributed by atoms with E-state index in [9.17, 15) is 0 Å². The number of aromatic nitrogens is 1. The molecule has 0 aliphatic rings. The van der Waals surface area contributed by atoms with Crippen molar-refractivity contribution in [2.24, 2.45) is 0 Å². The van der Waals surface area contributed by atoms with Gasteiger partial charge in [0.2, 0.25) is 0 Å². The first-order chi connectivity index (χ1) is 6.84. The van der Waals surface area contributed by atoms with Crippen molar-refractivity contribution in [3.05, 3.63) is 16.6 Å². The lowest BCUT2D eigenvalue weighted by atomic mass is 10.2. The van der Waals surface area contributed by atoms with Crippen molar-refractivity contribution in [2.45, 2.75) is 45.6 Å². The van der Waals surface area contributed by atoms with Crippen molar-refractivity contribution < 1.29 is 0 Å². The monoisotopic (exact) mass is 212 g/mol. The molecule has 0 saturated carbocycles. The first-order valence-electron chi connectivity index (χ1n) is 5.47. The summed E-state index contributed by atoms with van der Waals surface area (Å²) in [5, 5.41) is 6.72. The minimum absolute atomic E-state index is 0.414. The molecule has 1 aromatic rings. The molecule has 3 heteroatoms. The van der Waals surface area contributed by atoms with E-state index in [2.05, 4.69) is 24.1 Å². The second-order valence-corrected chi connectivity index (χ2v) is 4.53. The molecular formula is C11H20N2S. The lowest BCUT2D eigenvalue weighted by Crippen LogP contribution is -2.19. The molecule has 0 saturated heterocycles. The number of hydrogen-bond donors (Lipinski definition) is 1. The Kier molecular flexibility index (Phi) is 5.80. The molecule has 1 heterocycles. The van der Waals surface area contributed by atoms with E-state index in [1.165, 1.54) is 30.7 Å². The second-order valence-electron chi connectivity index (χ2n) is 3.61. The third-order valence-electron chi connectivity index (χ3n) is 2.30. The van der Waals surface area contributed by atoms with Gasteiger partial charge in [-0.25, -0.2) is 4.98 Å². The summed E-state index contributed by atoms with van der Waals surface area (Å²) in [5.41, 5.74) is 0. The average Bonchev–Trinajstić information content (AvgIpc) is 2.70. The van der Waals surface area contributed by atoms with Gasteiger partial charge in [0.25, 0.3) is 0 Å². The summed E-state index contributed by atoms with van der Waals surface area (Å²) in [7, 11) is 0. The fourth-order valence-corrected chi connectivity index (χ4v) is 2.08. The van der Waals surface area contributed by atoms with Crippen molar-refractivity contribution in [2.75, 3.05) is 6.54 Å². The molecule has 2 nitrogen and oxygen atoms in total. The molecule has 0 fully saturated rings. The zero-order valence-electron chi connectivity index (χ0n) is 9.12. The molecule has 1 rings (SSSR count). The maximum atomic E-state index is 4.29. The Balaban J connectivity index is 2.07. The minimum Gasteiger partial charge on any atom is -0.308 e. The van der Waals surface area contributed by atoms with Crippen LogP contribution in [0.5, 0.6) is 0 Å². The molecule has 0 amide bonds. The molecule has 80 valence electrons. The lowest BCUT2D eigenvalue weighted by Gasteiger charge is -2.10. The Hall–Kier alpha value is -0.410. The zero-order chi connectivity index (χ0) is 10.2. The van der Waals surface area contributed by atoms with Crippen LogP contribution in [-0.4, -0.2) is 11.5 Å². The van der Waals surface area contributed by atoms with Crippen LogP contribution in [0.4, 0.5) is 0 Å². The highest BCUT2D eigenvalue weighted by Crippen LogP contribution is 2.14. The van der Waals surface area contributed by atoms with Crippen LogP contribution in [0.15, 0.2) is 11.6 Å². The number of unbranched alkanes of at least 4 members (excludes halogenated alkanes) is 3. The molecular weight excluding hydrogens is 192 g/mol. The zero-order valence-corrected chi connectivity index (χ0v) is 9.94. The highest BCUT2D eigenvalue weighted by Gasteiger charge is 2.05. The Bertz CT molecular complexity index is 221. The lowest BCUT2D eigenvalue weighted by molar-refractivity contribution is 0.535. The van der Waals surface area contributed by atoms with E-state index in [1.807, 2.05) is 11.6 Å². The maximum absolute atomic E-state index is 4.29. The van der Waals surface area contributed by atoms with Gasteiger partial charge in [0, 0.05) is 11.6 Å². The predicted molar refractivity (Wildman–Crippen MR) is 62.7 cm³/mol. The van der Waals surface area contributed by atoms with Crippen LogP contribution >= 0.6 is 11.3 Å². The molecule has 14 heavy (non-hydrogen) atoms. The average molecular weight is 212 g/mol. The summed E-state index contributed by atoms with van der Waals surface area (Å²) < 4.78 is 0. The van der Waals surface area contributed by atoms with Crippen molar-refractivity contribution in [3.63, 3.8) is 0 Å². The van der Waals surface area contributed by atoms with Crippen LogP contribution in [0.3, 0.4) is 0 Å². The Labute approximate surface area is 90.8 Å². The van der Waals surface area contributed by atoms with Gasteiger partial charge in [-0.2, -0.15) is 0 Å². The molecule has 0 bridgehead atoms. The standard InChI is InChI=1S/C11H20N2S/c1-3-4-5-6-7-12-10(2)11-13-8-9-14-11/h8-10,12H,3-7H2,1-2H3/t10-/m0/s1. The van der Waals surface area contributed by atoms with E-state index in [0.717, 1.165) is 6.54 Å². The van der Waals surface area contributed by atoms with Crippen molar-refractivity contribution in [3.8, 4) is 0 Å². The van der Waals surface area contributed by atoms with Gasteiger partial charge in [0.1, 0.15) is 5.01 Å². The van der Waals surface area contributed by atoms with E-state index >= 15 is 0 Å². The highest BCUT2D eigenvalue weighted by atomic mass is 32.1. The van der Waals surface area contributed by atoms with E-state index in [4.69, 9.17) is 0 Å². The number of nitrogens with zero attached hydrogens (tertiary/aromatic N) is 1. The number of rotatable bonds is 7. The van der Waals surface area contributed by atoms with Crippen molar-refractivity contribution >= 4 is 11.3 Å². The Morgan fingerprint density at radius 1 is 1.43 bits per heavy atom. The highest BCUT2D eigenvalue weighted by molar-refractivity contribution is 7.09. The topological polar surface area (TPSA) is 24.9 Å². The maximum Gasteiger partial charge on any atom is 0.109 e. The van der Waals surface area contributed by atoms with Crippen LogP contribution in [0.2, 0.25) is 0 Å². The molecule has 0 aromatic carbocycles. The number of thiazole rings is 1. The van der Waals surface area contributed by atoms with Crippen LogP contribution in [0, 0.1) is 0 Å². The molecule has 0 aliphatic carbocycles. The van der Waals surface area contributed by atoms with E-state index in [0.29, 0.717) is 6.04 Å². The Morgan fingerprint density at radius 3 is 2.93 bits per heavy atom. The smallest absolute Gasteiger partial charge is 0.109 e. The minimum atomic E-state index is 0.414. The van der Waals surface area contributed by atoms with Crippen LogP contribution in [0.25, 0.3) is 0 Å². The molecule has 1 N–H and O–H groups in total. The van der Waals surface area contributed by atoms with Gasteiger partial charge in [-0.1, -0.05) is 26.2 Å². The summed E-state index contributed by atoms with van der Waals surface area (Å²) in [6.45, 7) is 5.53. The summed E-state index contributed by atoms with van der Waals surface area (Å²) >= 11 is 1.73. The number of nitrogens with one attached hydrogen (secondary N) is 1. The summed E-state index contributed by atoms with van der Waals surface area (Å²) in [4.78, 5) is 4.29. The third-order valence-corrected chi connectivity index (χ3v) is 3.26. The van der Waals surface area contributed by atoms with Gasteiger partial charge < -0.3 is 5.32 Å². The molecule has 0 spiro atoms. The first-order valence-corrected chi connectivity index (χ1v) is 6.35. The predicted octanol–water partition coefficient (Wildman–Crippen LogP) is 3.37. The van der Waals surface area contributed by atoms with Gasteiger partial charge in [0.05, 0.1) is 6.04 Å². The Morgan fingerprint density at radius 2 is 2.29 bits per heavy atom. The summed E-state index contributed by atoms with van der Waals surface area (Å²) in [5.74, 6) is 0. The molecule has 0 unspecified atom stereocenters. The van der Waals surface area contributed by atoms with Crippen LogP contribution in [-0.2, 0) is 0 Å². The van der Waals surface area contributed by atoms with Crippen molar-refractivity contribution in [1.29, 1.82) is 0 Å². The van der Waals surface area contributed by atoms with Gasteiger partial charge in [-0.05, 0) is 19.9 Å². The van der Waals surface area contributed by atoms with Gasteiger partial charge in [-0.15, -0.1) is 11.3 Å². The molecule has 1 aromatic heterocycles. The van der Waals surface area contributed by atoms with Crippen LogP contribution < -0.4 is 5.32 Å². The second kappa shape index (κ2) is 6.96. The molecule has 1 atom stereocenters. The summed E-state index contributed by atoms with van der Waals surface area (Å²) in [6.07, 6.45) is 7.16.